The molecule has 0 saturated heterocycles. The number of aromatic nitrogens is 1. The van der Waals surface area contributed by atoms with Crippen LogP contribution in [0, 0.1) is 5.92 Å². The van der Waals surface area contributed by atoms with Gasteiger partial charge >= 0.3 is 5.97 Å². The number of carboxylic acid groups (broad SMARTS) is 1. The summed E-state index contributed by atoms with van der Waals surface area (Å²) in [6.45, 7) is 1.11. The van der Waals surface area contributed by atoms with Crippen LogP contribution in [0.5, 0.6) is 0 Å². The van der Waals surface area contributed by atoms with E-state index in [1.807, 2.05) is 36.4 Å². The molecular weight excluding hydrogens is 330 g/mol. The number of hydrogen-bond donors (Lipinski definition) is 3. The third kappa shape index (κ3) is 4.81. The molecule has 1 aromatic heterocycles. The van der Waals surface area contributed by atoms with Crippen LogP contribution in [0.15, 0.2) is 42.6 Å². The Morgan fingerprint density at radius 1 is 1.15 bits per heavy atom. The van der Waals surface area contributed by atoms with Crippen molar-refractivity contribution >= 4 is 17.7 Å². The summed E-state index contributed by atoms with van der Waals surface area (Å²) in [7, 11) is 0. The Morgan fingerprint density at radius 2 is 2.04 bits per heavy atom. The van der Waals surface area contributed by atoms with Crippen molar-refractivity contribution in [3.05, 3.63) is 59.3 Å². The van der Waals surface area contributed by atoms with E-state index in [2.05, 4.69) is 15.6 Å². The van der Waals surface area contributed by atoms with Crippen LogP contribution in [0.1, 0.15) is 34.3 Å². The maximum Gasteiger partial charge on any atom is 0.303 e. The van der Waals surface area contributed by atoms with E-state index >= 15 is 0 Å². The SMILES string of the molecule is O=C(O)CC1CCc2cc(C(=O)NCCNc3ccccn3)ccc2C1. The summed E-state index contributed by atoms with van der Waals surface area (Å²) < 4.78 is 0. The van der Waals surface area contributed by atoms with Gasteiger partial charge in [0, 0.05) is 31.3 Å². The maximum absolute atomic E-state index is 12.3. The molecule has 0 fully saturated rings. The van der Waals surface area contributed by atoms with Gasteiger partial charge in [0.2, 0.25) is 0 Å². The van der Waals surface area contributed by atoms with E-state index in [0.717, 1.165) is 36.2 Å². The Labute approximate surface area is 152 Å². The molecule has 1 aliphatic carbocycles. The number of benzene rings is 1. The largest absolute Gasteiger partial charge is 0.481 e. The third-order valence-corrected chi connectivity index (χ3v) is 4.64. The van der Waals surface area contributed by atoms with Gasteiger partial charge in [0.1, 0.15) is 5.82 Å². The topological polar surface area (TPSA) is 91.3 Å². The molecule has 2 aromatic rings. The van der Waals surface area contributed by atoms with Crippen LogP contribution in [0.4, 0.5) is 5.82 Å². The first-order valence-electron chi connectivity index (χ1n) is 8.88. The van der Waals surface area contributed by atoms with Crippen LogP contribution in [0.3, 0.4) is 0 Å². The van der Waals surface area contributed by atoms with E-state index in [1.54, 1.807) is 6.20 Å². The zero-order valence-corrected chi connectivity index (χ0v) is 14.6. The van der Waals surface area contributed by atoms with Gasteiger partial charge in [0.25, 0.3) is 5.91 Å². The smallest absolute Gasteiger partial charge is 0.303 e. The van der Waals surface area contributed by atoms with Gasteiger partial charge < -0.3 is 15.7 Å². The number of hydrogen-bond acceptors (Lipinski definition) is 4. The van der Waals surface area contributed by atoms with E-state index in [1.165, 1.54) is 0 Å². The van der Waals surface area contributed by atoms with Crippen molar-refractivity contribution in [3.63, 3.8) is 0 Å². The summed E-state index contributed by atoms with van der Waals surface area (Å²) in [4.78, 5) is 27.4. The highest BCUT2D eigenvalue weighted by atomic mass is 16.4. The summed E-state index contributed by atoms with van der Waals surface area (Å²) in [6.07, 6.45) is 4.39. The predicted octanol–water partition coefficient (Wildman–Crippen LogP) is 2.50. The van der Waals surface area contributed by atoms with Gasteiger partial charge in [0.15, 0.2) is 0 Å². The zero-order valence-electron chi connectivity index (χ0n) is 14.6. The summed E-state index contributed by atoms with van der Waals surface area (Å²) in [5.74, 6) is 0.140. The van der Waals surface area contributed by atoms with Gasteiger partial charge in [0.05, 0.1) is 0 Å². The summed E-state index contributed by atoms with van der Waals surface area (Å²) in [6, 6.07) is 11.4. The highest BCUT2D eigenvalue weighted by molar-refractivity contribution is 5.94. The minimum absolute atomic E-state index is 0.0942. The highest BCUT2D eigenvalue weighted by Crippen LogP contribution is 2.28. The van der Waals surface area contributed by atoms with Crippen molar-refractivity contribution in [1.82, 2.24) is 10.3 Å². The lowest BCUT2D eigenvalue weighted by molar-refractivity contribution is -0.138. The molecule has 1 atom stereocenters. The fourth-order valence-electron chi connectivity index (χ4n) is 3.33. The highest BCUT2D eigenvalue weighted by Gasteiger charge is 2.21. The van der Waals surface area contributed by atoms with Crippen molar-refractivity contribution in [2.45, 2.75) is 25.7 Å². The molecule has 0 radical (unpaired) electrons. The molecule has 1 aromatic carbocycles. The monoisotopic (exact) mass is 353 g/mol. The van der Waals surface area contributed by atoms with Gasteiger partial charge in [-0.1, -0.05) is 12.1 Å². The number of pyridine rings is 1. The Bertz CT molecular complexity index is 777. The number of aryl methyl sites for hydroxylation is 1. The van der Waals surface area contributed by atoms with Crippen molar-refractivity contribution in [2.24, 2.45) is 5.92 Å². The molecule has 1 aliphatic rings. The second-order valence-corrected chi connectivity index (χ2v) is 6.59. The first-order valence-corrected chi connectivity index (χ1v) is 8.88. The first-order chi connectivity index (χ1) is 12.6. The number of carbonyl (C=O) groups is 2. The number of carbonyl (C=O) groups excluding carboxylic acids is 1. The van der Waals surface area contributed by atoms with E-state index in [0.29, 0.717) is 18.7 Å². The van der Waals surface area contributed by atoms with Crippen molar-refractivity contribution in [2.75, 3.05) is 18.4 Å². The van der Waals surface area contributed by atoms with Crippen LogP contribution < -0.4 is 10.6 Å². The molecule has 0 saturated carbocycles. The average molecular weight is 353 g/mol. The van der Waals surface area contributed by atoms with Crippen molar-refractivity contribution in [3.8, 4) is 0 Å². The van der Waals surface area contributed by atoms with E-state index in [9.17, 15) is 9.59 Å². The molecule has 26 heavy (non-hydrogen) atoms. The van der Waals surface area contributed by atoms with Crippen LogP contribution in [0.2, 0.25) is 0 Å². The molecule has 6 nitrogen and oxygen atoms in total. The summed E-state index contributed by atoms with van der Waals surface area (Å²) in [5.41, 5.74) is 2.97. The van der Waals surface area contributed by atoms with E-state index < -0.39 is 5.97 Å². The second kappa shape index (κ2) is 8.47. The fourth-order valence-corrected chi connectivity index (χ4v) is 3.33. The second-order valence-electron chi connectivity index (χ2n) is 6.59. The van der Waals surface area contributed by atoms with Crippen molar-refractivity contribution in [1.29, 1.82) is 0 Å². The lowest BCUT2D eigenvalue weighted by Gasteiger charge is -2.23. The third-order valence-electron chi connectivity index (χ3n) is 4.64. The van der Waals surface area contributed by atoms with E-state index in [4.69, 9.17) is 5.11 Å². The molecular formula is C20H23N3O3. The van der Waals surface area contributed by atoms with Crippen LogP contribution >= 0.6 is 0 Å². The van der Waals surface area contributed by atoms with Crippen LogP contribution in [-0.4, -0.2) is 35.1 Å². The molecule has 1 unspecified atom stereocenters. The molecule has 1 amide bonds. The van der Waals surface area contributed by atoms with Crippen molar-refractivity contribution < 1.29 is 14.7 Å². The number of rotatable bonds is 7. The number of aliphatic carboxylic acids is 1. The Morgan fingerprint density at radius 3 is 2.81 bits per heavy atom. The number of anilines is 1. The standard InChI is InChI=1S/C20H23N3O3/c24-19(25)12-14-4-5-16-13-17(7-6-15(16)11-14)20(26)23-10-9-22-18-3-1-2-8-21-18/h1-3,6-8,13-14H,4-5,9-12H2,(H,21,22)(H,23,26)(H,24,25). The van der Waals surface area contributed by atoms with Gasteiger partial charge in [-0.15, -0.1) is 0 Å². The molecule has 1 heterocycles. The fraction of sp³-hybridized carbons (Fsp3) is 0.350. The van der Waals surface area contributed by atoms with E-state index in [-0.39, 0.29) is 18.2 Å². The quantitative estimate of drug-likeness (QED) is 0.665. The van der Waals surface area contributed by atoms with Gasteiger partial charge in [-0.3, -0.25) is 9.59 Å². The van der Waals surface area contributed by atoms with Gasteiger partial charge in [-0.2, -0.15) is 0 Å². The zero-order chi connectivity index (χ0) is 18.4. The lowest BCUT2D eigenvalue weighted by atomic mass is 9.81. The minimum atomic E-state index is -0.742. The number of amides is 1. The Balaban J connectivity index is 1.50. The molecule has 0 aliphatic heterocycles. The molecule has 136 valence electrons. The Hall–Kier alpha value is -2.89. The maximum atomic E-state index is 12.3. The van der Waals surface area contributed by atoms with Gasteiger partial charge in [-0.25, -0.2) is 4.98 Å². The lowest BCUT2D eigenvalue weighted by Crippen LogP contribution is -2.29. The summed E-state index contributed by atoms with van der Waals surface area (Å²) in [5, 5.41) is 15.0. The van der Waals surface area contributed by atoms with Gasteiger partial charge in [-0.05, 0) is 60.6 Å². The molecule has 6 heteroatoms. The van der Waals surface area contributed by atoms with Crippen LogP contribution in [-0.2, 0) is 17.6 Å². The number of nitrogens with one attached hydrogen (secondary N) is 2. The molecule has 0 bridgehead atoms. The number of carboxylic acids is 1. The molecule has 0 spiro atoms. The number of fused-ring (bicyclic) bond motifs is 1. The Kier molecular flexibility index (Phi) is 5.84. The predicted molar refractivity (Wildman–Crippen MR) is 99.3 cm³/mol. The van der Waals surface area contributed by atoms with Crippen LogP contribution in [0.25, 0.3) is 0 Å². The molecule has 3 N–H and O–H groups in total. The molecule has 3 rings (SSSR count). The minimum Gasteiger partial charge on any atom is -0.481 e. The normalized spacial score (nSPS) is 15.8. The summed E-state index contributed by atoms with van der Waals surface area (Å²) >= 11 is 0. The average Bonchev–Trinajstić information content (AvgIpc) is 2.65. The first kappa shape index (κ1) is 17.9. The number of nitrogens with zero attached hydrogens (tertiary/aromatic N) is 1.